The number of benzene rings is 2. The highest BCUT2D eigenvalue weighted by molar-refractivity contribution is 6.37. The van der Waals surface area contributed by atoms with Crippen molar-refractivity contribution in [3.8, 4) is 11.5 Å². The number of carbonyl (C=O) groups excluding carboxylic acids is 1. The smallest absolute Gasteiger partial charge is 0.255 e. The number of halogens is 3. The van der Waals surface area contributed by atoms with Crippen LogP contribution in [0.1, 0.15) is 10.4 Å². The van der Waals surface area contributed by atoms with Gasteiger partial charge >= 0.3 is 0 Å². The van der Waals surface area contributed by atoms with Crippen LogP contribution in [0.4, 0.5) is 10.1 Å². The van der Waals surface area contributed by atoms with Gasteiger partial charge in [0, 0.05) is 11.6 Å². The average molecular weight is 316 g/mol. The molecule has 0 fully saturated rings. The van der Waals surface area contributed by atoms with Crippen LogP contribution in [0.15, 0.2) is 30.3 Å². The molecule has 0 aliphatic rings. The molecule has 0 bridgehead atoms. The molecule has 2 aromatic carbocycles. The Morgan fingerprint density at radius 2 is 1.70 bits per heavy atom. The van der Waals surface area contributed by atoms with Gasteiger partial charge < -0.3 is 15.5 Å². The molecule has 0 unspecified atom stereocenters. The van der Waals surface area contributed by atoms with Crippen molar-refractivity contribution in [2.24, 2.45) is 0 Å². The Labute approximate surface area is 123 Å². The molecule has 0 aliphatic heterocycles. The third kappa shape index (κ3) is 2.95. The summed E-state index contributed by atoms with van der Waals surface area (Å²) in [5, 5.41) is 21.0. The summed E-state index contributed by atoms with van der Waals surface area (Å²) in [6.45, 7) is 0. The molecule has 0 saturated carbocycles. The van der Waals surface area contributed by atoms with Gasteiger partial charge in [-0.1, -0.05) is 23.2 Å². The van der Waals surface area contributed by atoms with Crippen molar-refractivity contribution in [3.05, 3.63) is 51.8 Å². The third-order valence-electron chi connectivity index (χ3n) is 2.49. The van der Waals surface area contributed by atoms with E-state index in [-0.39, 0.29) is 32.8 Å². The molecular weight excluding hydrogens is 308 g/mol. The molecule has 0 aromatic heterocycles. The Hall–Kier alpha value is -1.98. The maximum absolute atomic E-state index is 13.0. The van der Waals surface area contributed by atoms with E-state index in [2.05, 4.69) is 5.32 Å². The van der Waals surface area contributed by atoms with Gasteiger partial charge in [0.15, 0.2) is 5.75 Å². The van der Waals surface area contributed by atoms with Gasteiger partial charge in [0.2, 0.25) is 0 Å². The van der Waals surface area contributed by atoms with Crippen molar-refractivity contribution in [1.29, 1.82) is 0 Å². The highest BCUT2D eigenvalue weighted by Gasteiger charge is 2.14. The minimum absolute atomic E-state index is 0.0569. The first-order valence-electron chi connectivity index (χ1n) is 5.36. The van der Waals surface area contributed by atoms with E-state index >= 15 is 0 Å². The Bertz CT molecular complexity index is 668. The minimum atomic E-state index is -0.658. The zero-order valence-corrected chi connectivity index (χ0v) is 11.3. The van der Waals surface area contributed by atoms with Crippen molar-refractivity contribution in [1.82, 2.24) is 0 Å². The van der Waals surface area contributed by atoms with Crippen LogP contribution in [-0.2, 0) is 0 Å². The monoisotopic (exact) mass is 315 g/mol. The van der Waals surface area contributed by atoms with Crippen molar-refractivity contribution in [2.75, 3.05) is 5.32 Å². The first-order chi connectivity index (χ1) is 9.38. The maximum Gasteiger partial charge on any atom is 0.255 e. The Balaban J connectivity index is 2.31. The number of carbonyl (C=O) groups is 1. The zero-order chi connectivity index (χ0) is 14.9. The van der Waals surface area contributed by atoms with E-state index in [0.717, 1.165) is 18.2 Å². The fourth-order valence-corrected chi connectivity index (χ4v) is 1.99. The summed E-state index contributed by atoms with van der Waals surface area (Å²) in [5.74, 6) is -1.89. The molecule has 0 aliphatic carbocycles. The number of hydrogen-bond acceptors (Lipinski definition) is 3. The molecule has 0 spiro atoms. The van der Waals surface area contributed by atoms with E-state index in [4.69, 9.17) is 23.2 Å². The minimum Gasteiger partial charge on any atom is -0.506 e. The lowest BCUT2D eigenvalue weighted by molar-refractivity contribution is 0.102. The number of phenols is 2. The van der Waals surface area contributed by atoms with Gasteiger partial charge in [-0.15, -0.1) is 0 Å². The molecule has 104 valence electrons. The summed E-state index contributed by atoms with van der Waals surface area (Å²) in [7, 11) is 0. The van der Waals surface area contributed by atoms with Gasteiger partial charge in [0.05, 0.1) is 15.7 Å². The number of anilines is 1. The van der Waals surface area contributed by atoms with Gasteiger partial charge in [0.1, 0.15) is 11.6 Å². The fourth-order valence-electron chi connectivity index (χ4n) is 1.50. The molecule has 2 aromatic rings. The molecule has 0 radical (unpaired) electrons. The van der Waals surface area contributed by atoms with Crippen molar-refractivity contribution < 1.29 is 19.4 Å². The van der Waals surface area contributed by atoms with E-state index in [0.29, 0.717) is 0 Å². The van der Waals surface area contributed by atoms with E-state index in [1.807, 2.05) is 0 Å². The molecule has 0 heterocycles. The van der Waals surface area contributed by atoms with Crippen molar-refractivity contribution in [2.45, 2.75) is 0 Å². The van der Waals surface area contributed by atoms with Crippen LogP contribution in [0.2, 0.25) is 10.0 Å². The third-order valence-corrected chi connectivity index (χ3v) is 3.06. The summed E-state index contributed by atoms with van der Waals surface area (Å²) in [5.41, 5.74) is -0.0308. The largest absolute Gasteiger partial charge is 0.506 e. The Morgan fingerprint density at radius 1 is 1.10 bits per heavy atom. The van der Waals surface area contributed by atoms with Gasteiger partial charge in [-0.05, 0) is 24.3 Å². The van der Waals surface area contributed by atoms with Gasteiger partial charge in [-0.3, -0.25) is 4.79 Å². The topological polar surface area (TPSA) is 69.6 Å². The van der Waals surface area contributed by atoms with Crippen LogP contribution in [0.5, 0.6) is 11.5 Å². The molecule has 1 amide bonds. The quantitative estimate of drug-likeness (QED) is 0.738. The summed E-state index contributed by atoms with van der Waals surface area (Å²) < 4.78 is 13.0. The van der Waals surface area contributed by atoms with Crippen LogP contribution in [-0.4, -0.2) is 16.1 Å². The van der Waals surface area contributed by atoms with E-state index < -0.39 is 11.7 Å². The lowest BCUT2D eigenvalue weighted by Gasteiger charge is -2.09. The number of nitrogens with one attached hydrogen (secondary N) is 1. The van der Waals surface area contributed by atoms with Crippen LogP contribution in [0.25, 0.3) is 0 Å². The first-order valence-corrected chi connectivity index (χ1v) is 6.12. The standard InChI is InChI=1S/C13H8Cl2FNO3/c14-8-3-6(4-9(15)12(8)19)13(20)17-10-5-7(16)1-2-11(10)18/h1-5,18-19H,(H,17,20). The van der Waals surface area contributed by atoms with Gasteiger partial charge in [0.25, 0.3) is 5.91 Å². The predicted octanol–water partition coefficient (Wildman–Crippen LogP) is 3.80. The number of amides is 1. The molecule has 20 heavy (non-hydrogen) atoms. The second-order valence-electron chi connectivity index (χ2n) is 3.90. The highest BCUT2D eigenvalue weighted by atomic mass is 35.5. The number of hydrogen-bond donors (Lipinski definition) is 3. The fraction of sp³-hybridized carbons (Fsp3) is 0. The number of aromatic hydroxyl groups is 2. The van der Waals surface area contributed by atoms with Crippen LogP contribution >= 0.6 is 23.2 Å². The Morgan fingerprint density at radius 3 is 2.30 bits per heavy atom. The van der Waals surface area contributed by atoms with Crippen LogP contribution < -0.4 is 5.32 Å². The van der Waals surface area contributed by atoms with Crippen LogP contribution in [0, 0.1) is 5.82 Å². The molecule has 7 heteroatoms. The van der Waals surface area contributed by atoms with Gasteiger partial charge in [-0.25, -0.2) is 4.39 Å². The molecule has 0 atom stereocenters. The summed E-state index contributed by atoms with van der Waals surface area (Å²) in [6, 6.07) is 5.54. The lowest BCUT2D eigenvalue weighted by atomic mass is 10.2. The van der Waals surface area contributed by atoms with Crippen molar-refractivity contribution >= 4 is 34.8 Å². The lowest BCUT2D eigenvalue weighted by Crippen LogP contribution is -2.12. The second kappa shape index (κ2) is 5.56. The zero-order valence-electron chi connectivity index (χ0n) is 9.82. The normalized spacial score (nSPS) is 10.3. The Kier molecular flexibility index (Phi) is 4.01. The van der Waals surface area contributed by atoms with E-state index in [1.165, 1.54) is 12.1 Å². The molecule has 4 nitrogen and oxygen atoms in total. The maximum atomic E-state index is 13.0. The molecule has 2 rings (SSSR count). The second-order valence-corrected chi connectivity index (χ2v) is 4.72. The highest BCUT2D eigenvalue weighted by Crippen LogP contribution is 2.33. The van der Waals surface area contributed by atoms with E-state index in [1.54, 1.807) is 0 Å². The van der Waals surface area contributed by atoms with E-state index in [9.17, 15) is 19.4 Å². The van der Waals surface area contributed by atoms with Gasteiger partial charge in [-0.2, -0.15) is 0 Å². The predicted molar refractivity (Wildman–Crippen MR) is 74.1 cm³/mol. The summed E-state index contributed by atoms with van der Waals surface area (Å²) >= 11 is 11.4. The molecular formula is C13H8Cl2FNO3. The van der Waals surface area contributed by atoms with Crippen LogP contribution in [0.3, 0.4) is 0 Å². The first kappa shape index (κ1) is 14.4. The van der Waals surface area contributed by atoms with Crippen molar-refractivity contribution in [3.63, 3.8) is 0 Å². The number of phenolic OH excluding ortho intramolecular Hbond substituents is 2. The summed E-state index contributed by atoms with van der Waals surface area (Å²) in [4.78, 5) is 11.9. The molecule has 3 N–H and O–H groups in total. The average Bonchev–Trinajstić information content (AvgIpc) is 2.39. The summed E-state index contributed by atoms with van der Waals surface area (Å²) in [6.07, 6.45) is 0. The number of rotatable bonds is 2. The molecule has 0 saturated heterocycles. The SMILES string of the molecule is O=C(Nc1cc(F)ccc1O)c1cc(Cl)c(O)c(Cl)c1.